The molecule has 0 bridgehead atoms. The summed E-state index contributed by atoms with van der Waals surface area (Å²) in [5, 5.41) is 14.0. The number of aromatic nitrogens is 2. The fourth-order valence-corrected chi connectivity index (χ4v) is 1.80. The van der Waals surface area contributed by atoms with Crippen molar-refractivity contribution in [1.29, 1.82) is 0 Å². The van der Waals surface area contributed by atoms with Crippen molar-refractivity contribution in [3.63, 3.8) is 0 Å². The number of hydrogen-bond acceptors (Lipinski definition) is 5. The van der Waals surface area contributed by atoms with Crippen molar-refractivity contribution in [2.45, 2.75) is 0 Å². The molecule has 88 valence electrons. The van der Waals surface area contributed by atoms with Gasteiger partial charge in [0.1, 0.15) is 11.6 Å². The number of aryl methyl sites for hydroxylation is 1. The van der Waals surface area contributed by atoms with Crippen LogP contribution in [0.3, 0.4) is 0 Å². The molecule has 1 aliphatic rings. The second-order valence-electron chi connectivity index (χ2n) is 3.79. The number of nitrogens with zero attached hydrogens (tertiary/aromatic N) is 2. The maximum Gasteiger partial charge on any atom is 0.231 e. The molecule has 2 heterocycles. The summed E-state index contributed by atoms with van der Waals surface area (Å²) >= 11 is 0. The molecule has 0 aliphatic carbocycles. The van der Waals surface area contributed by atoms with Gasteiger partial charge in [0, 0.05) is 24.2 Å². The summed E-state index contributed by atoms with van der Waals surface area (Å²) in [6.07, 6.45) is 1.60. The van der Waals surface area contributed by atoms with Gasteiger partial charge < -0.3 is 20.3 Å². The minimum atomic E-state index is 0.0916. The Kier molecular flexibility index (Phi) is 1.91. The third-order valence-corrected chi connectivity index (χ3v) is 2.77. The highest BCUT2D eigenvalue weighted by Crippen LogP contribution is 2.43. The van der Waals surface area contributed by atoms with Crippen LogP contribution in [-0.2, 0) is 7.05 Å². The van der Waals surface area contributed by atoms with E-state index >= 15 is 0 Å². The van der Waals surface area contributed by atoms with E-state index in [0.29, 0.717) is 28.4 Å². The molecule has 0 saturated carbocycles. The maximum absolute atomic E-state index is 9.93. The molecule has 1 aliphatic heterocycles. The molecule has 3 N–H and O–H groups in total. The van der Waals surface area contributed by atoms with Crippen LogP contribution in [0.5, 0.6) is 17.2 Å². The van der Waals surface area contributed by atoms with E-state index in [1.54, 1.807) is 24.0 Å². The summed E-state index contributed by atoms with van der Waals surface area (Å²) in [6, 6.07) is 3.22. The molecule has 0 saturated heterocycles. The SMILES string of the molecule is Cn1ncc(-c2cc3c(cc2O)OCO3)c1N. The third-order valence-electron chi connectivity index (χ3n) is 2.77. The molecule has 0 fully saturated rings. The predicted molar refractivity (Wildman–Crippen MR) is 60.8 cm³/mol. The van der Waals surface area contributed by atoms with E-state index < -0.39 is 0 Å². The second kappa shape index (κ2) is 3.31. The van der Waals surface area contributed by atoms with Crippen LogP contribution >= 0.6 is 0 Å². The first-order chi connectivity index (χ1) is 8.16. The minimum Gasteiger partial charge on any atom is -0.507 e. The van der Waals surface area contributed by atoms with Crippen molar-refractivity contribution in [3.05, 3.63) is 18.3 Å². The summed E-state index contributed by atoms with van der Waals surface area (Å²) in [6.45, 7) is 0.167. The van der Waals surface area contributed by atoms with Crippen molar-refractivity contribution in [1.82, 2.24) is 9.78 Å². The van der Waals surface area contributed by atoms with Gasteiger partial charge in [0.05, 0.1) is 6.20 Å². The van der Waals surface area contributed by atoms with Crippen LogP contribution in [-0.4, -0.2) is 21.7 Å². The number of nitrogen functional groups attached to an aromatic ring is 1. The summed E-state index contributed by atoms with van der Waals surface area (Å²) in [5.41, 5.74) is 7.12. The molecule has 1 aromatic carbocycles. The highest BCUT2D eigenvalue weighted by molar-refractivity contribution is 5.80. The zero-order chi connectivity index (χ0) is 12.0. The lowest BCUT2D eigenvalue weighted by atomic mass is 10.1. The molecule has 0 atom stereocenters. The Bertz CT molecular complexity index is 592. The van der Waals surface area contributed by atoms with Crippen molar-refractivity contribution >= 4 is 5.82 Å². The van der Waals surface area contributed by atoms with Crippen molar-refractivity contribution in [2.24, 2.45) is 7.05 Å². The Morgan fingerprint density at radius 1 is 1.29 bits per heavy atom. The predicted octanol–water partition coefficient (Wildman–Crippen LogP) is 1.10. The Morgan fingerprint density at radius 3 is 2.65 bits per heavy atom. The Balaban J connectivity index is 2.18. The summed E-state index contributed by atoms with van der Waals surface area (Å²) in [7, 11) is 1.74. The molecule has 2 aromatic rings. The zero-order valence-corrected chi connectivity index (χ0v) is 9.17. The quantitative estimate of drug-likeness (QED) is 0.770. The average molecular weight is 233 g/mol. The number of anilines is 1. The molecule has 6 heteroatoms. The van der Waals surface area contributed by atoms with E-state index in [4.69, 9.17) is 15.2 Å². The molecule has 17 heavy (non-hydrogen) atoms. The minimum absolute atomic E-state index is 0.0916. The van der Waals surface area contributed by atoms with E-state index in [1.165, 1.54) is 6.07 Å². The second-order valence-corrected chi connectivity index (χ2v) is 3.79. The Hall–Kier alpha value is -2.37. The zero-order valence-electron chi connectivity index (χ0n) is 9.17. The Morgan fingerprint density at radius 2 is 2.00 bits per heavy atom. The van der Waals surface area contributed by atoms with Crippen molar-refractivity contribution < 1.29 is 14.6 Å². The van der Waals surface area contributed by atoms with Crippen molar-refractivity contribution in [3.8, 4) is 28.4 Å². The third kappa shape index (κ3) is 1.37. The van der Waals surface area contributed by atoms with Crippen LogP contribution in [0.25, 0.3) is 11.1 Å². The Labute approximate surface area is 97.2 Å². The number of benzene rings is 1. The molecule has 0 spiro atoms. The fourth-order valence-electron chi connectivity index (χ4n) is 1.80. The van der Waals surface area contributed by atoms with Crippen molar-refractivity contribution in [2.75, 3.05) is 12.5 Å². The largest absolute Gasteiger partial charge is 0.507 e. The number of ether oxygens (including phenoxy) is 2. The van der Waals surface area contributed by atoms with Gasteiger partial charge in [-0.05, 0) is 6.07 Å². The van der Waals surface area contributed by atoms with Gasteiger partial charge in [-0.15, -0.1) is 0 Å². The molecule has 3 rings (SSSR count). The number of rotatable bonds is 1. The van der Waals surface area contributed by atoms with Crippen LogP contribution in [0.15, 0.2) is 18.3 Å². The molecule has 0 amide bonds. The smallest absolute Gasteiger partial charge is 0.231 e. The first-order valence-corrected chi connectivity index (χ1v) is 5.07. The molecular weight excluding hydrogens is 222 g/mol. The van der Waals surface area contributed by atoms with Gasteiger partial charge in [0.2, 0.25) is 6.79 Å². The van der Waals surface area contributed by atoms with Crippen LogP contribution < -0.4 is 15.2 Å². The van der Waals surface area contributed by atoms with E-state index in [9.17, 15) is 5.11 Å². The number of hydrogen-bond donors (Lipinski definition) is 2. The highest BCUT2D eigenvalue weighted by atomic mass is 16.7. The molecule has 6 nitrogen and oxygen atoms in total. The standard InChI is InChI=1S/C11H11N3O3/c1-14-11(12)7(4-13-14)6-2-9-10(3-8(6)15)17-5-16-9/h2-4,15H,5,12H2,1H3. The lowest BCUT2D eigenvalue weighted by molar-refractivity contribution is 0.174. The van der Waals surface area contributed by atoms with E-state index in [0.717, 1.165) is 0 Å². The van der Waals surface area contributed by atoms with Gasteiger partial charge in [-0.2, -0.15) is 5.10 Å². The maximum atomic E-state index is 9.93. The van der Waals surface area contributed by atoms with Gasteiger partial charge in [-0.25, -0.2) is 0 Å². The van der Waals surface area contributed by atoms with Gasteiger partial charge in [-0.1, -0.05) is 0 Å². The fraction of sp³-hybridized carbons (Fsp3) is 0.182. The van der Waals surface area contributed by atoms with Gasteiger partial charge in [0.25, 0.3) is 0 Å². The molecule has 1 aromatic heterocycles. The summed E-state index contributed by atoms with van der Waals surface area (Å²) in [4.78, 5) is 0. The number of phenols is 1. The lowest BCUT2D eigenvalue weighted by Crippen LogP contribution is -1.98. The van der Waals surface area contributed by atoms with Crippen LogP contribution in [0.1, 0.15) is 0 Å². The van der Waals surface area contributed by atoms with Gasteiger partial charge in [-0.3, -0.25) is 4.68 Å². The van der Waals surface area contributed by atoms with E-state index in [2.05, 4.69) is 5.10 Å². The average Bonchev–Trinajstić information content (AvgIpc) is 2.86. The topological polar surface area (TPSA) is 82.5 Å². The number of nitrogens with two attached hydrogens (primary N) is 1. The highest BCUT2D eigenvalue weighted by Gasteiger charge is 2.20. The first-order valence-electron chi connectivity index (χ1n) is 5.07. The van der Waals surface area contributed by atoms with Crippen LogP contribution in [0, 0.1) is 0 Å². The summed E-state index contributed by atoms with van der Waals surface area (Å²) in [5.74, 6) is 1.71. The number of fused-ring (bicyclic) bond motifs is 1. The molecule has 0 radical (unpaired) electrons. The van der Waals surface area contributed by atoms with Crippen LogP contribution in [0.4, 0.5) is 5.82 Å². The normalized spacial score (nSPS) is 13.0. The summed E-state index contributed by atoms with van der Waals surface area (Å²) < 4.78 is 12.0. The number of phenolic OH excluding ortho intramolecular Hbond substituents is 1. The van der Waals surface area contributed by atoms with Crippen LogP contribution in [0.2, 0.25) is 0 Å². The number of aromatic hydroxyl groups is 1. The van der Waals surface area contributed by atoms with Gasteiger partial charge in [0.15, 0.2) is 11.5 Å². The monoisotopic (exact) mass is 233 g/mol. The molecule has 0 unspecified atom stereocenters. The van der Waals surface area contributed by atoms with E-state index in [-0.39, 0.29) is 12.5 Å². The molecular formula is C11H11N3O3. The lowest BCUT2D eigenvalue weighted by Gasteiger charge is -2.05. The van der Waals surface area contributed by atoms with Gasteiger partial charge >= 0.3 is 0 Å². The first kappa shape index (κ1) is 9.83. The van der Waals surface area contributed by atoms with E-state index in [1.807, 2.05) is 0 Å².